The van der Waals surface area contributed by atoms with Gasteiger partial charge < -0.3 is 0 Å². The Bertz CT molecular complexity index is 725. The highest BCUT2D eigenvalue weighted by Gasteiger charge is 2.83. The van der Waals surface area contributed by atoms with Crippen molar-refractivity contribution in [2.45, 2.75) is 35.3 Å². The summed E-state index contributed by atoms with van der Waals surface area (Å²) in [5.74, 6) is -0.0634. The number of nitro benzene ring substituents is 1. The van der Waals surface area contributed by atoms with Gasteiger partial charge in [-0.05, 0) is 30.4 Å². The van der Waals surface area contributed by atoms with Crippen LogP contribution in [-0.4, -0.2) is 19.4 Å². The third-order valence-electron chi connectivity index (χ3n) is 6.29. The second-order valence-corrected chi connectivity index (χ2v) is 11.2. The summed E-state index contributed by atoms with van der Waals surface area (Å²) >= 11 is 11.1. The minimum Gasteiger partial charge on any atom is -0.299 e. The van der Waals surface area contributed by atoms with Gasteiger partial charge in [-0.3, -0.25) is 25.8 Å². The maximum atomic E-state index is 13.0. The first-order chi connectivity index (χ1) is 11.6. The van der Waals surface area contributed by atoms with Crippen LogP contribution in [0.2, 0.25) is 0 Å². The molecule has 0 spiro atoms. The van der Waals surface area contributed by atoms with Crippen LogP contribution in [0.1, 0.15) is 26.7 Å². The molecule has 3 fully saturated rings. The fraction of sp³-hybridized carbons (Fsp3) is 0.562. The topological polar surface area (TPSA) is 84.3 Å². The summed E-state index contributed by atoms with van der Waals surface area (Å²) in [6.07, 6.45) is 1.75. The van der Waals surface area contributed by atoms with Crippen molar-refractivity contribution < 1.29 is 9.72 Å². The molecule has 1 amide bonds. The fourth-order valence-corrected chi connectivity index (χ4v) is 9.52. The molecule has 3 aliphatic carbocycles. The monoisotopic (exact) mass is 537 g/mol. The number of hydrogen-bond acceptors (Lipinski definition) is 4. The quantitative estimate of drug-likeness (QED) is 0.322. The zero-order chi connectivity index (χ0) is 18.6. The molecule has 3 saturated carbocycles. The average molecular weight is 540 g/mol. The summed E-state index contributed by atoms with van der Waals surface area (Å²) < 4.78 is 0.123. The van der Waals surface area contributed by atoms with Crippen molar-refractivity contribution in [2.24, 2.45) is 16.2 Å². The number of nitrogens with one attached hydrogen (secondary N) is 2. The largest absolute Gasteiger partial charge is 0.299 e. The second-order valence-electron chi connectivity index (χ2n) is 7.18. The van der Waals surface area contributed by atoms with Gasteiger partial charge in [0.25, 0.3) is 5.69 Å². The lowest BCUT2D eigenvalue weighted by molar-refractivity contribution is -0.384. The average Bonchev–Trinajstić information content (AvgIpc) is 3.02. The van der Waals surface area contributed by atoms with Crippen molar-refractivity contribution in [3.63, 3.8) is 0 Å². The van der Waals surface area contributed by atoms with Crippen LogP contribution < -0.4 is 10.9 Å². The van der Waals surface area contributed by atoms with E-state index in [4.69, 9.17) is 0 Å². The van der Waals surface area contributed by atoms with E-state index >= 15 is 0 Å². The second kappa shape index (κ2) is 6.20. The maximum absolute atomic E-state index is 13.0. The molecule has 0 aliphatic heterocycles. The van der Waals surface area contributed by atoms with E-state index in [1.165, 1.54) is 12.1 Å². The number of hydrazine groups is 1. The summed E-state index contributed by atoms with van der Waals surface area (Å²) in [6, 6.07) is 5.93. The lowest BCUT2D eigenvalue weighted by atomic mass is 9.43. The van der Waals surface area contributed by atoms with E-state index in [-0.39, 0.29) is 31.0 Å². The Labute approximate surface area is 171 Å². The Kier molecular flexibility index (Phi) is 4.73. The number of halogens is 3. The van der Waals surface area contributed by atoms with Gasteiger partial charge in [0.1, 0.15) is 0 Å². The Hall–Kier alpha value is -0.670. The first-order valence-electron chi connectivity index (χ1n) is 7.84. The molecule has 3 unspecified atom stereocenters. The number of carbonyl (C=O) groups excluding carboxylic acids is 1. The van der Waals surface area contributed by atoms with E-state index in [0.717, 1.165) is 12.8 Å². The van der Waals surface area contributed by atoms with E-state index in [9.17, 15) is 14.9 Å². The standard InChI is InChI=1S/C16H18Br3N3O3/c1-14(2)15(12(18)19)7-8-16(14,11(15)17)13(23)21-20-9-3-5-10(6-4-9)22(24)25/h3-6,11-12,20H,7-8H2,1-2H3,(H,21,23). The number of non-ortho nitro benzene ring substituents is 1. The molecule has 0 aromatic heterocycles. The van der Waals surface area contributed by atoms with E-state index in [1.807, 2.05) is 0 Å². The van der Waals surface area contributed by atoms with Crippen molar-refractivity contribution in [2.75, 3.05) is 5.43 Å². The predicted octanol–water partition coefficient (Wildman–Crippen LogP) is 4.72. The molecule has 9 heteroatoms. The Balaban J connectivity index is 1.73. The Morgan fingerprint density at radius 1 is 1.28 bits per heavy atom. The number of nitrogens with zero attached hydrogens (tertiary/aromatic N) is 1. The molecule has 0 heterocycles. The molecule has 25 heavy (non-hydrogen) atoms. The van der Waals surface area contributed by atoms with Crippen molar-refractivity contribution in [3.05, 3.63) is 34.4 Å². The van der Waals surface area contributed by atoms with Crippen LogP contribution in [0.4, 0.5) is 11.4 Å². The van der Waals surface area contributed by atoms with E-state index < -0.39 is 10.3 Å². The summed E-state index contributed by atoms with van der Waals surface area (Å²) in [6.45, 7) is 4.28. The van der Waals surface area contributed by atoms with Gasteiger partial charge in [-0.1, -0.05) is 61.6 Å². The molecule has 3 aliphatic rings. The van der Waals surface area contributed by atoms with E-state index in [2.05, 4.69) is 72.5 Å². The van der Waals surface area contributed by atoms with Crippen molar-refractivity contribution in [3.8, 4) is 0 Å². The van der Waals surface area contributed by atoms with E-state index in [0.29, 0.717) is 5.69 Å². The van der Waals surface area contributed by atoms with E-state index in [1.54, 1.807) is 12.1 Å². The van der Waals surface area contributed by atoms with Gasteiger partial charge in [0.05, 0.1) is 19.8 Å². The maximum Gasteiger partial charge on any atom is 0.269 e. The van der Waals surface area contributed by atoms with Crippen LogP contribution in [0.15, 0.2) is 24.3 Å². The molecule has 0 saturated heterocycles. The zero-order valence-corrected chi connectivity index (χ0v) is 18.4. The number of carbonyl (C=O) groups is 1. The van der Waals surface area contributed by atoms with Crippen LogP contribution in [-0.2, 0) is 4.79 Å². The lowest BCUT2D eigenvalue weighted by Crippen LogP contribution is -2.72. The Morgan fingerprint density at radius 2 is 1.88 bits per heavy atom. The SMILES string of the molecule is CC1(C)C2(C(=O)NNc3ccc([N+](=O)[O-])cc3)CCC1(C(Br)Br)C2Br. The minimum absolute atomic E-state index is 0.0115. The number of amides is 1. The molecular formula is C16H18Br3N3O3. The van der Waals surface area contributed by atoms with Crippen molar-refractivity contribution in [1.82, 2.24) is 5.43 Å². The van der Waals surface area contributed by atoms with Gasteiger partial charge in [-0.2, -0.15) is 0 Å². The normalized spacial score (nSPS) is 32.2. The minimum atomic E-state index is -0.499. The van der Waals surface area contributed by atoms with Crippen LogP contribution in [0.5, 0.6) is 0 Å². The number of rotatable bonds is 5. The summed E-state index contributed by atoms with van der Waals surface area (Å²) in [4.78, 5) is 23.3. The fourth-order valence-electron chi connectivity index (χ4n) is 4.61. The van der Waals surface area contributed by atoms with Gasteiger partial charge in [0.2, 0.25) is 5.91 Å². The third kappa shape index (κ3) is 2.34. The number of benzene rings is 1. The highest BCUT2D eigenvalue weighted by molar-refractivity contribution is 9.24. The lowest BCUT2D eigenvalue weighted by Gasteiger charge is -2.66. The molecular weight excluding hydrogens is 522 g/mol. The summed E-state index contributed by atoms with van der Waals surface area (Å²) in [5.41, 5.74) is 5.56. The molecule has 1 aromatic carbocycles. The number of fused-ring (bicyclic) bond motifs is 1. The number of alkyl halides is 3. The van der Waals surface area contributed by atoms with Gasteiger partial charge in [0.15, 0.2) is 0 Å². The molecule has 2 bridgehead atoms. The first-order valence-corrected chi connectivity index (χ1v) is 10.6. The molecule has 4 rings (SSSR count). The highest BCUT2D eigenvalue weighted by Crippen LogP contribution is 2.82. The molecule has 0 radical (unpaired) electrons. The number of hydrogen-bond donors (Lipinski definition) is 2. The van der Waals surface area contributed by atoms with Crippen LogP contribution in [0, 0.1) is 26.4 Å². The molecule has 2 N–H and O–H groups in total. The van der Waals surface area contributed by atoms with Gasteiger partial charge in [-0.15, -0.1) is 0 Å². The molecule has 3 atom stereocenters. The van der Waals surface area contributed by atoms with Gasteiger partial charge >= 0.3 is 0 Å². The van der Waals surface area contributed by atoms with Crippen LogP contribution >= 0.6 is 47.8 Å². The first kappa shape index (κ1) is 19.1. The van der Waals surface area contributed by atoms with Crippen molar-refractivity contribution in [1.29, 1.82) is 0 Å². The van der Waals surface area contributed by atoms with Crippen LogP contribution in [0.25, 0.3) is 0 Å². The number of anilines is 1. The smallest absolute Gasteiger partial charge is 0.269 e. The zero-order valence-electron chi connectivity index (χ0n) is 13.7. The van der Waals surface area contributed by atoms with Crippen molar-refractivity contribution >= 4 is 65.1 Å². The third-order valence-corrected chi connectivity index (χ3v) is 9.52. The highest BCUT2D eigenvalue weighted by atomic mass is 79.9. The predicted molar refractivity (Wildman–Crippen MR) is 107 cm³/mol. The summed E-state index contributed by atoms with van der Waals surface area (Å²) in [5, 5.41) is 10.7. The Morgan fingerprint density at radius 3 is 2.32 bits per heavy atom. The summed E-state index contributed by atoms with van der Waals surface area (Å²) in [7, 11) is 0. The molecule has 1 aromatic rings. The molecule has 136 valence electrons. The van der Waals surface area contributed by atoms with Gasteiger partial charge in [-0.25, -0.2) is 0 Å². The van der Waals surface area contributed by atoms with Gasteiger partial charge in [0, 0.05) is 22.4 Å². The van der Waals surface area contributed by atoms with Crippen LogP contribution in [0.3, 0.4) is 0 Å². The number of nitro groups is 1. The molecule has 6 nitrogen and oxygen atoms in total.